The van der Waals surface area contributed by atoms with Gasteiger partial charge in [0.15, 0.2) is 0 Å². The molecule has 0 N–H and O–H groups in total. The molecule has 0 unspecified atom stereocenters. The zero-order chi connectivity index (χ0) is 19.9. The van der Waals surface area contributed by atoms with Gasteiger partial charge < -0.3 is 4.90 Å². The van der Waals surface area contributed by atoms with Gasteiger partial charge in [-0.05, 0) is 55.3 Å². The van der Waals surface area contributed by atoms with E-state index in [4.69, 9.17) is 0 Å². The maximum absolute atomic E-state index is 13.7. The Morgan fingerprint density at radius 3 is 2.39 bits per heavy atom. The van der Waals surface area contributed by atoms with Crippen LogP contribution in [0.1, 0.15) is 11.1 Å². The first-order chi connectivity index (χ1) is 13.4. The second kappa shape index (κ2) is 7.10. The minimum atomic E-state index is -3.54. The first-order valence-electron chi connectivity index (χ1n) is 9.09. The molecule has 1 aromatic heterocycles. The Balaban J connectivity index is 1.57. The lowest BCUT2D eigenvalue weighted by molar-refractivity contribution is 0.384. The molecule has 4 rings (SSSR count). The molecule has 0 aliphatic carbocycles. The van der Waals surface area contributed by atoms with E-state index in [1.54, 1.807) is 18.2 Å². The SMILES string of the molecule is Cc1ccc(S(=O)(=O)N2CCN(c3ncnc4ccc(F)cc34)CC2)cc1C. The number of halogens is 1. The molecule has 2 heterocycles. The topological polar surface area (TPSA) is 66.4 Å². The van der Waals surface area contributed by atoms with Gasteiger partial charge in [-0.25, -0.2) is 22.8 Å². The van der Waals surface area contributed by atoms with E-state index < -0.39 is 10.0 Å². The lowest BCUT2D eigenvalue weighted by Crippen LogP contribution is -2.49. The van der Waals surface area contributed by atoms with Gasteiger partial charge in [0.05, 0.1) is 10.4 Å². The van der Waals surface area contributed by atoms with Crippen LogP contribution in [0.4, 0.5) is 10.2 Å². The van der Waals surface area contributed by atoms with Gasteiger partial charge in [0.2, 0.25) is 10.0 Å². The molecular formula is C20H21FN4O2S. The van der Waals surface area contributed by atoms with E-state index in [-0.39, 0.29) is 5.82 Å². The van der Waals surface area contributed by atoms with Crippen LogP contribution in [-0.2, 0) is 10.0 Å². The maximum Gasteiger partial charge on any atom is 0.243 e. The molecule has 0 saturated carbocycles. The van der Waals surface area contributed by atoms with Crippen molar-refractivity contribution in [3.63, 3.8) is 0 Å². The molecule has 1 fully saturated rings. The minimum absolute atomic E-state index is 0.318. The summed E-state index contributed by atoms with van der Waals surface area (Å²) in [7, 11) is -3.54. The van der Waals surface area contributed by atoms with Crippen molar-refractivity contribution in [1.29, 1.82) is 0 Å². The number of piperazine rings is 1. The van der Waals surface area contributed by atoms with E-state index in [2.05, 4.69) is 9.97 Å². The van der Waals surface area contributed by atoms with Crippen LogP contribution in [0.25, 0.3) is 10.9 Å². The normalized spacial score (nSPS) is 15.9. The molecule has 3 aromatic rings. The Bertz CT molecular complexity index is 1140. The maximum atomic E-state index is 13.7. The summed E-state index contributed by atoms with van der Waals surface area (Å²) in [4.78, 5) is 10.8. The summed E-state index contributed by atoms with van der Waals surface area (Å²) < 4.78 is 41.2. The second-order valence-electron chi connectivity index (χ2n) is 7.00. The molecule has 0 amide bonds. The summed E-state index contributed by atoms with van der Waals surface area (Å²) in [5, 5.41) is 0.632. The molecule has 8 heteroatoms. The second-order valence-corrected chi connectivity index (χ2v) is 8.93. The number of rotatable bonds is 3. The van der Waals surface area contributed by atoms with Gasteiger partial charge in [-0.2, -0.15) is 4.31 Å². The summed E-state index contributed by atoms with van der Waals surface area (Å²) in [6.45, 7) is 5.51. The number of fused-ring (bicyclic) bond motifs is 1. The number of aromatic nitrogens is 2. The fraction of sp³-hybridized carbons (Fsp3) is 0.300. The predicted molar refractivity (Wildman–Crippen MR) is 106 cm³/mol. The van der Waals surface area contributed by atoms with Gasteiger partial charge in [-0.3, -0.25) is 0 Å². The van der Waals surface area contributed by atoms with Crippen molar-refractivity contribution in [2.24, 2.45) is 0 Å². The van der Waals surface area contributed by atoms with Crippen molar-refractivity contribution in [1.82, 2.24) is 14.3 Å². The van der Waals surface area contributed by atoms with Crippen LogP contribution >= 0.6 is 0 Å². The Labute approximate surface area is 163 Å². The number of aryl methyl sites for hydroxylation is 2. The standard InChI is InChI=1S/C20H21FN4O2S/c1-14-3-5-17(11-15(14)2)28(26,27)25-9-7-24(8-10-25)20-18-12-16(21)4-6-19(18)22-13-23-20/h3-6,11-13H,7-10H2,1-2H3. The Morgan fingerprint density at radius 1 is 0.929 bits per heavy atom. The molecule has 1 saturated heterocycles. The predicted octanol–water partition coefficient (Wildman–Crippen LogP) is 2.90. The number of anilines is 1. The highest BCUT2D eigenvalue weighted by molar-refractivity contribution is 7.89. The van der Waals surface area contributed by atoms with E-state index in [1.807, 2.05) is 24.8 Å². The Morgan fingerprint density at radius 2 is 1.68 bits per heavy atom. The summed E-state index contributed by atoms with van der Waals surface area (Å²) in [5.74, 6) is 0.284. The van der Waals surface area contributed by atoms with Crippen molar-refractivity contribution >= 4 is 26.7 Å². The molecule has 1 aliphatic heterocycles. The van der Waals surface area contributed by atoms with E-state index in [0.717, 1.165) is 11.1 Å². The zero-order valence-electron chi connectivity index (χ0n) is 15.8. The molecule has 0 spiro atoms. The van der Waals surface area contributed by atoms with Gasteiger partial charge in [-0.1, -0.05) is 6.07 Å². The average Bonchev–Trinajstić information content (AvgIpc) is 2.69. The fourth-order valence-corrected chi connectivity index (χ4v) is 4.94. The lowest BCUT2D eigenvalue weighted by atomic mass is 10.1. The van der Waals surface area contributed by atoms with E-state index in [0.29, 0.717) is 47.8 Å². The monoisotopic (exact) mass is 400 g/mol. The Hall–Kier alpha value is -2.58. The van der Waals surface area contributed by atoms with Crippen molar-refractivity contribution < 1.29 is 12.8 Å². The van der Waals surface area contributed by atoms with Gasteiger partial charge in [0.1, 0.15) is 18.0 Å². The van der Waals surface area contributed by atoms with Crippen molar-refractivity contribution in [2.75, 3.05) is 31.1 Å². The van der Waals surface area contributed by atoms with Gasteiger partial charge in [0.25, 0.3) is 0 Å². The lowest BCUT2D eigenvalue weighted by Gasteiger charge is -2.35. The molecule has 0 radical (unpaired) electrons. The molecular weight excluding hydrogens is 379 g/mol. The fourth-order valence-electron chi connectivity index (χ4n) is 3.43. The van der Waals surface area contributed by atoms with Crippen LogP contribution < -0.4 is 4.90 Å². The highest BCUT2D eigenvalue weighted by atomic mass is 32.2. The number of benzene rings is 2. The third-order valence-corrected chi connectivity index (χ3v) is 7.13. The van der Waals surface area contributed by atoms with Crippen LogP contribution in [-0.4, -0.2) is 48.9 Å². The quantitative estimate of drug-likeness (QED) is 0.676. The summed E-state index contributed by atoms with van der Waals surface area (Å²) in [6, 6.07) is 9.62. The largest absolute Gasteiger partial charge is 0.353 e. The summed E-state index contributed by atoms with van der Waals surface area (Å²) in [5.41, 5.74) is 2.68. The Kier molecular flexibility index (Phi) is 4.76. The average molecular weight is 400 g/mol. The third-order valence-electron chi connectivity index (χ3n) is 5.23. The van der Waals surface area contributed by atoms with E-state index in [9.17, 15) is 12.8 Å². The first kappa shape index (κ1) is 18.8. The number of hydrogen-bond acceptors (Lipinski definition) is 5. The van der Waals surface area contributed by atoms with Crippen LogP contribution in [0.3, 0.4) is 0 Å². The molecule has 6 nitrogen and oxygen atoms in total. The number of hydrogen-bond donors (Lipinski definition) is 0. The zero-order valence-corrected chi connectivity index (χ0v) is 16.6. The van der Waals surface area contributed by atoms with E-state index >= 15 is 0 Å². The highest BCUT2D eigenvalue weighted by Gasteiger charge is 2.29. The van der Waals surface area contributed by atoms with Crippen LogP contribution in [0.2, 0.25) is 0 Å². The molecule has 0 bridgehead atoms. The van der Waals surface area contributed by atoms with Gasteiger partial charge in [-0.15, -0.1) is 0 Å². The van der Waals surface area contributed by atoms with Crippen molar-refractivity contribution in [3.05, 3.63) is 59.7 Å². The van der Waals surface area contributed by atoms with Crippen LogP contribution in [0.15, 0.2) is 47.6 Å². The molecule has 28 heavy (non-hydrogen) atoms. The van der Waals surface area contributed by atoms with Gasteiger partial charge in [0, 0.05) is 31.6 Å². The number of sulfonamides is 1. The van der Waals surface area contributed by atoms with Crippen molar-refractivity contribution in [3.8, 4) is 0 Å². The first-order valence-corrected chi connectivity index (χ1v) is 10.5. The van der Waals surface area contributed by atoms with Crippen molar-refractivity contribution in [2.45, 2.75) is 18.7 Å². The summed E-state index contributed by atoms with van der Waals surface area (Å²) >= 11 is 0. The third kappa shape index (κ3) is 3.33. The molecule has 146 valence electrons. The molecule has 2 aromatic carbocycles. The smallest absolute Gasteiger partial charge is 0.243 e. The summed E-state index contributed by atoms with van der Waals surface area (Å²) in [6.07, 6.45) is 1.45. The molecule has 0 atom stereocenters. The minimum Gasteiger partial charge on any atom is -0.353 e. The number of nitrogens with zero attached hydrogens (tertiary/aromatic N) is 4. The van der Waals surface area contributed by atoms with E-state index in [1.165, 1.54) is 22.8 Å². The van der Waals surface area contributed by atoms with Crippen LogP contribution in [0.5, 0.6) is 0 Å². The molecule has 1 aliphatic rings. The van der Waals surface area contributed by atoms with Crippen LogP contribution in [0, 0.1) is 19.7 Å². The van der Waals surface area contributed by atoms with Gasteiger partial charge >= 0.3 is 0 Å². The highest BCUT2D eigenvalue weighted by Crippen LogP contribution is 2.26.